The fourth-order valence-corrected chi connectivity index (χ4v) is 1.85. The smallest absolute Gasteiger partial charge is 0.339 e. The van der Waals surface area contributed by atoms with Crippen LogP contribution in [0.3, 0.4) is 0 Å². The quantitative estimate of drug-likeness (QED) is 0.630. The molecule has 0 aromatic heterocycles. The molecule has 0 amide bonds. The van der Waals surface area contributed by atoms with E-state index in [9.17, 15) is 4.79 Å². The molecule has 0 aliphatic rings. The Morgan fingerprint density at radius 2 is 2.31 bits per heavy atom. The first-order valence-corrected chi connectivity index (χ1v) is 6.09. The predicted octanol–water partition coefficient (Wildman–Crippen LogP) is 2.92. The van der Waals surface area contributed by atoms with Crippen molar-refractivity contribution in [1.29, 1.82) is 5.26 Å². The standard InChI is InChI=1S/C12H12INO2/c1-2-16-12(15)10-8-9(4-3-7-14)5-6-11(10)13/h5-6,8H,2-4H2,1H3. The number of hydrogen-bond acceptors (Lipinski definition) is 3. The first-order chi connectivity index (χ1) is 7.69. The number of nitriles is 1. The second-order valence-electron chi connectivity index (χ2n) is 3.19. The van der Waals surface area contributed by atoms with Crippen molar-refractivity contribution in [3.8, 4) is 6.07 Å². The van der Waals surface area contributed by atoms with Gasteiger partial charge < -0.3 is 4.74 Å². The summed E-state index contributed by atoms with van der Waals surface area (Å²) in [4.78, 5) is 11.6. The summed E-state index contributed by atoms with van der Waals surface area (Å²) in [6.07, 6.45) is 1.13. The summed E-state index contributed by atoms with van der Waals surface area (Å²) in [7, 11) is 0. The van der Waals surface area contributed by atoms with Gasteiger partial charge in [-0.15, -0.1) is 0 Å². The van der Waals surface area contributed by atoms with Gasteiger partial charge in [0.25, 0.3) is 0 Å². The molecule has 0 aliphatic heterocycles. The van der Waals surface area contributed by atoms with Gasteiger partial charge in [0.15, 0.2) is 0 Å². The van der Waals surface area contributed by atoms with Crippen molar-refractivity contribution in [2.75, 3.05) is 6.61 Å². The molecule has 1 aromatic carbocycles. The zero-order valence-electron chi connectivity index (χ0n) is 9.00. The number of halogens is 1. The van der Waals surface area contributed by atoms with E-state index in [-0.39, 0.29) is 5.97 Å². The number of benzene rings is 1. The van der Waals surface area contributed by atoms with Crippen LogP contribution in [0.2, 0.25) is 0 Å². The number of carbonyl (C=O) groups is 1. The molecule has 16 heavy (non-hydrogen) atoms. The zero-order valence-corrected chi connectivity index (χ0v) is 11.2. The average molecular weight is 329 g/mol. The lowest BCUT2D eigenvalue weighted by Gasteiger charge is -2.06. The molecule has 0 saturated heterocycles. The van der Waals surface area contributed by atoms with Crippen molar-refractivity contribution in [3.63, 3.8) is 0 Å². The molecule has 1 rings (SSSR count). The molecule has 0 heterocycles. The van der Waals surface area contributed by atoms with Gasteiger partial charge in [0.2, 0.25) is 0 Å². The predicted molar refractivity (Wildman–Crippen MR) is 69.0 cm³/mol. The number of nitrogens with zero attached hydrogens (tertiary/aromatic N) is 1. The highest BCUT2D eigenvalue weighted by Crippen LogP contribution is 2.16. The number of aryl methyl sites for hydroxylation is 1. The lowest BCUT2D eigenvalue weighted by atomic mass is 10.1. The van der Waals surface area contributed by atoms with Crippen molar-refractivity contribution in [1.82, 2.24) is 0 Å². The van der Waals surface area contributed by atoms with Crippen LogP contribution in [0.25, 0.3) is 0 Å². The van der Waals surface area contributed by atoms with Crippen LogP contribution in [0.5, 0.6) is 0 Å². The van der Waals surface area contributed by atoms with Crippen molar-refractivity contribution >= 4 is 28.6 Å². The molecule has 0 unspecified atom stereocenters. The Morgan fingerprint density at radius 1 is 1.56 bits per heavy atom. The molecule has 0 N–H and O–H groups in total. The molecule has 0 spiro atoms. The topological polar surface area (TPSA) is 50.1 Å². The maximum absolute atomic E-state index is 11.6. The highest BCUT2D eigenvalue weighted by Gasteiger charge is 2.11. The SMILES string of the molecule is CCOC(=O)c1cc(CCC#N)ccc1I. The number of esters is 1. The minimum absolute atomic E-state index is 0.300. The van der Waals surface area contributed by atoms with Gasteiger partial charge in [-0.25, -0.2) is 4.79 Å². The van der Waals surface area contributed by atoms with E-state index in [4.69, 9.17) is 10.00 Å². The Balaban J connectivity index is 2.90. The molecule has 0 radical (unpaired) electrons. The van der Waals surface area contributed by atoms with Crippen LogP contribution in [-0.2, 0) is 11.2 Å². The summed E-state index contributed by atoms with van der Waals surface area (Å²) >= 11 is 2.10. The normalized spacial score (nSPS) is 9.56. The van der Waals surface area contributed by atoms with Crippen molar-refractivity contribution < 1.29 is 9.53 Å². The third-order valence-corrected chi connectivity index (χ3v) is 2.99. The van der Waals surface area contributed by atoms with E-state index in [1.165, 1.54) is 0 Å². The van der Waals surface area contributed by atoms with Crippen molar-refractivity contribution in [2.45, 2.75) is 19.8 Å². The first-order valence-electron chi connectivity index (χ1n) is 5.01. The van der Waals surface area contributed by atoms with Gasteiger partial charge in [-0.3, -0.25) is 0 Å². The van der Waals surface area contributed by atoms with E-state index >= 15 is 0 Å². The monoisotopic (exact) mass is 329 g/mol. The van der Waals surface area contributed by atoms with Crippen LogP contribution in [0, 0.1) is 14.9 Å². The molecule has 0 bridgehead atoms. The summed E-state index contributed by atoms with van der Waals surface area (Å²) in [5.74, 6) is -0.300. The van der Waals surface area contributed by atoms with E-state index < -0.39 is 0 Å². The Labute approximate surface area is 109 Å². The molecule has 4 heteroatoms. The van der Waals surface area contributed by atoms with Gasteiger partial charge in [0.05, 0.1) is 18.2 Å². The van der Waals surface area contributed by atoms with E-state index in [0.29, 0.717) is 25.0 Å². The van der Waals surface area contributed by atoms with Crippen LogP contribution in [0.1, 0.15) is 29.3 Å². The van der Waals surface area contributed by atoms with Crippen LogP contribution in [-0.4, -0.2) is 12.6 Å². The maximum atomic E-state index is 11.6. The summed E-state index contributed by atoms with van der Waals surface area (Å²) in [5, 5.41) is 8.50. The molecule has 0 fully saturated rings. The second-order valence-corrected chi connectivity index (χ2v) is 4.35. The number of carbonyl (C=O) groups excluding carboxylic acids is 1. The largest absolute Gasteiger partial charge is 0.462 e. The molecule has 0 saturated carbocycles. The summed E-state index contributed by atoms with van der Waals surface area (Å²) in [6, 6.07) is 7.70. The third kappa shape index (κ3) is 3.49. The minimum atomic E-state index is -0.300. The lowest BCUT2D eigenvalue weighted by Crippen LogP contribution is -2.07. The van der Waals surface area contributed by atoms with Gasteiger partial charge in [-0.05, 0) is 53.6 Å². The molecule has 1 aromatic rings. The number of hydrogen-bond donors (Lipinski definition) is 0. The fraction of sp³-hybridized carbons (Fsp3) is 0.333. The minimum Gasteiger partial charge on any atom is -0.462 e. The molecular formula is C12H12INO2. The Kier molecular flexibility index (Phi) is 5.26. The van der Waals surface area contributed by atoms with Gasteiger partial charge in [0, 0.05) is 9.99 Å². The highest BCUT2D eigenvalue weighted by molar-refractivity contribution is 14.1. The van der Waals surface area contributed by atoms with Crippen LogP contribution >= 0.6 is 22.6 Å². The number of rotatable bonds is 4. The van der Waals surface area contributed by atoms with Crippen LogP contribution in [0.4, 0.5) is 0 Å². The molecule has 0 aliphatic carbocycles. The Morgan fingerprint density at radius 3 is 2.94 bits per heavy atom. The van der Waals surface area contributed by atoms with Crippen LogP contribution in [0.15, 0.2) is 18.2 Å². The van der Waals surface area contributed by atoms with Gasteiger partial charge in [0.1, 0.15) is 0 Å². The summed E-state index contributed by atoms with van der Waals surface area (Å²) in [6.45, 7) is 2.15. The molecule has 3 nitrogen and oxygen atoms in total. The fourth-order valence-electron chi connectivity index (χ4n) is 1.29. The van der Waals surface area contributed by atoms with E-state index in [1.807, 2.05) is 12.1 Å². The van der Waals surface area contributed by atoms with E-state index in [2.05, 4.69) is 28.7 Å². The van der Waals surface area contributed by atoms with Crippen molar-refractivity contribution in [2.24, 2.45) is 0 Å². The second kappa shape index (κ2) is 6.48. The van der Waals surface area contributed by atoms with E-state index in [1.54, 1.807) is 13.0 Å². The maximum Gasteiger partial charge on any atom is 0.339 e. The third-order valence-electron chi connectivity index (χ3n) is 2.05. The van der Waals surface area contributed by atoms with Gasteiger partial charge >= 0.3 is 5.97 Å². The van der Waals surface area contributed by atoms with E-state index in [0.717, 1.165) is 9.13 Å². The molecule has 0 atom stereocenters. The zero-order chi connectivity index (χ0) is 12.0. The molecular weight excluding hydrogens is 317 g/mol. The summed E-state index contributed by atoms with van der Waals surface area (Å²) in [5.41, 5.74) is 1.57. The summed E-state index contributed by atoms with van der Waals surface area (Å²) < 4.78 is 5.83. The number of ether oxygens (including phenoxy) is 1. The van der Waals surface area contributed by atoms with Crippen molar-refractivity contribution in [3.05, 3.63) is 32.9 Å². The van der Waals surface area contributed by atoms with Gasteiger partial charge in [-0.2, -0.15) is 5.26 Å². The lowest BCUT2D eigenvalue weighted by molar-refractivity contribution is 0.0525. The first kappa shape index (κ1) is 13.0. The Hall–Kier alpha value is -1.09. The van der Waals surface area contributed by atoms with Crippen LogP contribution < -0.4 is 0 Å². The Bertz CT molecular complexity index is 424. The molecule has 84 valence electrons. The average Bonchev–Trinajstić information content (AvgIpc) is 2.28. The highest BCUT2D eigenvalue weighted by atomic mass is 127. The van der Waals surface area contributed by atoms with Gasteiger partial charge in [-0.1, -0.05) is 6.07 Å².